The number of amides is 5. The number of hydrogen-bond acceptors (Lipinski definition) is 7. The highest BCUT2D eigenvalue weighted by Crippen LogP contribution is 2.41. The highest BCUT2D eigenvalue weighted by atomic mass is 32.2. The molecule has 5 amide bonds. The molecule has 0 aromatic carbocycles. The molecule has 0 radical (unpaired) electrons. The lowest BCUT2D eigenvalue weighted by Crippen LogP contribution is -2.63. The van der Waals surface area contributed by atoms with E-state index < -0.39 is 61.9 Å². The van der Waals surface area contributed by atoms with Crippen molar-refractivity contribution in [3.05, 3.63) is 12.7 Å². The molecule has 4 N–H and O–H groups in total. The minimum atomic E-state index is -3.56. The first kappa shape index (κ1) is 41.8. The number of urea groups is 1. The van der Waals surface area contributed by atoms with E-state index in [1.54, 1.807) is 25.7 Å². The number of Topliss-reactive ketones (excluding diaryl/α,β-unsaturated/α-hetero) is 1. The van der Waals surface area contributed by atoms with Crippen LogP contribution in [0, 0.1) is 23.2 Å². The van der Waals surface area contributed by atoms with Crippen molar-refractivity contribution in [3.8, 4) is 0 Å². The second kappa shape index (κ2) is 17.0. The molecule has 4 rings (SSSR count). The van der Waals surface area contributed by atoms with Crippen LogP contribution in [0.15, 0.2) is 12.7 Å². The Morgan fingerprint density at radius 2 is 1.48 bits per heavy atom. The zero-order valence-corrected chi connectivity index (χ0v) is 33.3. The third kappa shape index (κ3) is 10.6. The molecular formula is C39H65N5O7S. The number of ketones is 1. The summed E-state index contributed by atoms with van der Waals surface area (Å²) in [5, 5.41) is 11.5. The molecule has 0 spiro atoms. The molecule has 1 saturated heterocycles. The van der Waals surface area contributed by atoms with Gasteiger partial charge < -0.3 is 26.2 Å². The van der Waals surface area contributed by atoms with Crippen LogP contribution in [0.25, 0.3) is 0 Å². The van der Waals surface area contributed by atoms with Gasteiger partial charge >= 0.3 is 6.03 Å². The summed E-state index contributed by atoms with van der Waals surface area (Å²) in [6, 6.07) is -3.40. The number of hydrogen-bond donors (Lipinski definition) is 4. The summed E-state index contributed by atoms with van der Waals surface area (Å²) >= 11 is 0. The Hall–Kier alpha value is -2.96. The topological polar surface area (TPSA) is 171 Å². The molecular weight excluding hydrogens is 683 g/mol. The normalized spacial score (nSPS) is 23.9. The van der Waals surface area contributed by atoms with E-state index in [9.17, 15) is 32.4 Å². The fourth-order valence-corrected chi connectivity index (χ4v) is 9.94. The molecule has 4 atom stereocenters. The molecule has 0 aromatic rings. The van der Waals surface area contributed by atoms with Crippen LogP contribution >= 0.6 is 0 Å². The Bertz CT molecular complexity index is 1430. The van der Waals surface area contributed by atoms with E-state index in [1.807, 2.05) is 20.8 Å². The second-order valence-electron chi connectivity index (χ2n) is 18.0. The maximum Gasteiger partial charge on any atom is 0.315 e. The smallest absolute Gasteiger partial charge is 0.315 e. The van der Waals surface area contributed by atoms with Gasteiger partial charge in [0.15, 0.2) is 9.84 Å². The molecule has 13 heteroatoms. The molecule has 0 aromatic heterocycles. The zero-order valence-electron chi connectivity index (χ0n) is 32.5. The first-order valence-corrected chi connectivity index (χ1v) is 21.3. The van der Waals surface area contributed by atoms with Gasteiger partial charge in [-0.05, 0) is 82.5 Å². The number of sulfone groups is 1. The van der Waals surface area contributed by atoms with Crippen molar-refractivity contribution in [2.75, 3.05) is 18.8 Å². The molecule has 1 aliphatic heterocycles. The summed E-state index contributed by atoms with van der Waals surface area (Å²) in [5.74, 6) is -2.63. The van der Waals surface area contributed by atoms with Crippen molar-refractivity contribution >= 4 is 39.4 Å². The van der Waals surface area contributed by atoms with E-state index >= 15 is 0 Å². The Kier molecular flexibility index (Phi) is 13.7. The predicted molar refractivity (Wildman–Crippen MR) is 202 cm³/mol. The van der Waals surface area contributed by atoms with E-state index in [0.29, 0.717) is 32.2 Å². The van der Waals surface area contributed by atoms with E-state index in [-0.39, 0.29) is 41.4 Å². The molecule has 0 bridgehead atoms. The first-order valence-electron chi connectivity index (χ1n) is 19.6. The molecule has 3 aliphatic carbocycles. The third-order valence-corrected chi connectivity index (χ3v) is 14.7. The van der Waals surface area contributed by atoms with Gasteiger partial charge in [0, 0.05) is 13.1 Å². The molecule has 294 valence electrons. The summed E-state index contributed by atoms with van der Waals surface area (Å²) in [6.45, 7) is 15.1. The van der Waals surface area contributed by atoms with Crippen molar-refractivity contribution in [1.29, 1.82) is 0 Å². The van der Waals surface area contributed by atoms with Gasteiger partial charge in [0.2, 0.25) is 17.6 Å². The van der Waals surface area contributed by atoms with Gasteiger partial charge in [-0.1, -0.05) is 78.2 Å². The first-order chi connectivity index (χ1) is 24.3. The van der Waals surface area contributed by atoms with E-state index in [2.05, 4.69) is 27.8 Å². The number of carbonyl (C=O) groups is 5. The second-order valence-corrected chi connectivity index (χ2v) is 20.8. The molecule has 1 heterocycles. The average Bonchev–Trinajstić information content (AvgIpc) is 3.77. The molecule has 4 fully saturated rings. The van der Waals surface area contributed by atoms with Crippen LogP contribution < -0.4 is 21.3 Å². The van der Waals surface area contributed by atoms with Crippen LogP contribution in [0.5, 0.6) is 0 Å². The summed E-state index contributed by atoms with van der Waals surface area (Å²) < 4.78 is 25.9. The van der Waals surface area contributed by atoms with Crippen molar-refractivity contribution in [1.82, 2.24) is 26.2 Å². The lowest BCUT2D eigenvalue weighted by molar-refractivity contribution is -0.144. The fraction of sp³-hybridized carbons (Fsp3) is 0.821. The molecule has 4 aliphatic rings. The molecule has 52 heavy (non-hydrogen) atoms. The maximum absolute atomic E-state index is 14.8. The highest BCUT2D eigenvalue weighted by molar-refractivity contribution is 7.92. The SMILES string of the molecule is C=CCNC(=O)C(=O)C(CC1CC1)NC(=O)[C@@H]1C(C(C)(C)C)CCN1C(=O)[C@@H](NC(=O)NC1(CS(=O)(=O)C(C)(C)C)CCCCC1)C1CCCCC1. The third-order valence-electron chi connectivity index (χ3n) is 11.9. The van der Waals surface area contributed by atoms with Crippen LogP contribution in [-0.4, -0.2) is 90.1 Å². The molecule has 12 nitrogen and oxygen atoms in total. The number of nitrogens with one attached hydrogen (secondary N) is 4. The van der Waals surface area contributed by atoms with Gasteiger partial charge in [-0.25, -0.2) is 13.2 Å². The number of carbonyl (C=O) groups excluding carboxylic acids is 5. The standard InChI is InChI=1S/C39H65N5O7S/c1-8-22-40-34(47)32(45)29(24-26-17-18-26)41-33(46)31-28(37(2,3)4)19-23-44(31)35(48)30(27-15-11-9-12-16-27)42-36(49)43-39(20-13-10-14-21-39)25-52(50,51)38(5,6)7/h8,26-31H,1,9-25H2,2-7H3,(H,40,47)(H,41,46)(H2,42,43,49)/t28?,29?,30-,31-/m0/s1. The highest BCUT2D eigenvalue weighted by Gasteiger charge is 2.50. The van der Waals surface area contributed by atoms with Crippen molar-refractivity contribution in [2.45, 2.75) is 160 Å². The van der Waals surface area contributed by atoms with Gasteiger partial charge in [-0.15, -0.1) is 6.58 Å². The summed E-state index contributed by atoms with van der Waals surface area (Å²) in [7, 11) is -3.56. The summed E-state index contributed by atoms with van der Waals surface area (Å²) in [6.07, 6.45) is 12.2. The van der Waals surface area contributed by atoms with Gasteiger partial charge in [-0.2, -0.15) is 0 Å². The number of rotatable bonds is 14. The van der Waals surface area contributed by atoms with Crippen LogP contribution in [0.1, 0.15) is 131 Å². The van der Waals surface area contributed by atoms with E-state index in [4.69, 9.17) is 0 Å². The van der Waals surface area contributed by atoms with E-state index in [0.717, 1.165) is 64.2 Å². The quantitative estimate of drug-likeness (QED) is 0.149. The van der Waals surface area contributed by atoms with Gasteiger partial charge in [-0.3, -0.25) is 19.2 Å². The minimum absolute atomic E-state index is 0.127. The number of likely N-dealkylation sites (tertiary alicyclic amines) is 1. The predicted octanol–water partition coefficient (Wildman–Crippen LogP) is 4.57. The van der Waals surface area contributed by atoms with Crippen molar-refractivity contribution in [2.24, 2.45) is 23.2 Å². The Morgan fingerprint density at radius 3 is 2.04 bits per heavy atom. The average molecular weight is 748 g/mol. The molecule has 3 saturated carbocycles. The lowest BCUT2D eigenvalue weighted by Gasteiger charge is -2.41. The van der Waals surface area contributed by atoms with Crippen LogP contribution in [0.3, 0.4) is 0 Å². The van der Waals surface area contributed by atoms with E-state index in [1.165, 1.54) is 6.08 Å². The number of nitrogens with zero attached hydrogens (tertiary/aromatic N) is 1. The lowest BCUT2D eigenvalue weighted by atomic mass is 9.75. The Balaban J connectivity index is 1.60. The molecule has 2 unspecified atom stereocenters. The summed E-state index contributed by atoms with van der Waals surface area (Å²) in [5.41, 5.74) is -1.31. The monoisotopic (exact) mass is 747 g/mol. The van der Waals surface area contributed by atoms with Gasteiger partial charge in [0.1, 0.15) is 12.1 Å². The maximum atomic E-state index is 14.8. The van der Waals surface area contributed by atoms with Gasteiger partial charge in [0.05, 0.1) is 22.1 Å². The fourth-order valence-electron chi connectivity index (χ4n) is 8.42. The minimum Gasteiger partial charge on any atom is -0.346 e. The van der Waals surface area contributed by atoms with Crippen LogP contribution in [0.4, 0.5) is 4.79 Å². The van der Waals surface area contributed by atoms with Gasteiger partial charge in [0.25, 0.3) is 5.91 Å². The Labute approximate surface area is 311 Å². The Morgan fingerprint density at radius 1 is 0.865 bits per heavy atom. The van der Waals surface area contributed by atoms with Crippen LogP contribution in [0.2, 0.25) is 0 Å². The summed E-state index contributed by atoms with van der Waals surface area (Å²) in [4.78, 5) is 70.7. The largest absolute Gasteiger partial charge is 0.346 e. The van der Waals surface area contributed by atoms with Crippen molar-refractivity contribution < 1.29 is 32.4 Å². The van der Waals surface area contributed by atoms with Crippen LogP contribution in [-0.2, 0) is 29.0 Å². The zero-order chi connectivity index (χ0) is 38.5. The van der Waals surface area contributed by atoms with Crippen molar-refractivity contribution in [3.63, 3.8) is 0 Å².